The predicted octanol–water partition coefficient (Wildman–Crippen LogP) is 1.37. The van der Waals surface area contributed by atoms with E-state index in [2.05, 4.69) is 0 Å². The monoisotopic (exact) mass is 274 g/mol. The summed E-state index contributed by atoms with van der Waals surface area (Å²) in [5.41, 5.74) is 6.44. The number of nitrogens with zero attached hydrogens (tertiary/aromatic N) is 1. The van der Waals surface area contributed by atoms with Crippen molar-refractivity contribution in [2.24, 2.45) is 5.73 Å². The molecular formula is C11H15ClN2O2S. The number of sulfonamides is 1. The van der Waals surface area contributed by atoms with Gasteiger partial charge in [0.2, 0.25) is 10.0 Å². The highest BCUT2D eigenvalue weighted by atomic mass is 35.5. The van der Waals surface area contributed by atoms with Crippen molar-refractivity contribution in [3.8, 4) is 0 Å². The number of aryl methyl sites for hydroxylation is 1. The summed E-state index contributed by atoms with van der Waals surface area (Å²) in [5.74, 6) is 0. The van der Waals surface area contributed by atoms with Crippen molar-refractivity contribution in [3.63, 3.8) is 0 Å². The predicted molar refractivity (Wildman–Crippen MR) is 67.5 cm³/mol. The molecule has 0 aliphatic carbocycles. The highest BCUT2D eigenvalue weighted by molar-refractivity contribution is 7.89. The molecule has 0 radical (unpaired) electrons. The Bertz CT molecular complexity index is 530. The van der Waals surface area contributed by atoms with Gasteiger partial charge in [-0.15, -0.1) is 0 Å². The molecule has 0 bridgehead atoms. The molecule has 0 amide bonds. The van der Waals surface area contributed by atoms with Crippen molar-refractivity contribution in [1.29, 1.82) is 0 Å². The summed E-state index contributed by atoms with van der Waals surface area (Å²) in [6.45, 7) is 2.63. The van der Waals surface area contributed by atoms with Gasteiger partial charge in [0.25, 0.3) is 0 Å². The third kappa shape index (κ3) is 2.47. The van der Waals surface area contributed by atoms with Crippen LogP contribution in [-0.4, -0.2) is 31.9 Å². The summed E-state index contributed by atoms with van der Waals surface area (Å²) >= 11 is 5.85. The molecule has 1 saturated heterocycles. The van der Waals surface area contributed by atoms with E-state index >= 15 is 0 Å². The van der Waals surface area contributed by atoms with E-state index in [1.54, 1.807) is 19.1 Å². The lowest BCUT2D eigenvalue weighted by molar-refractivity contribution is 0.472. The van der Waals surface area contributed by atoms with Gasteiger partial charge in [0, 0.05) is 24.2 Å². The van der Waals surface area contributed by atoms with E-state index in [1.165, 1.54) is 10.4 Å². The van der Waals surface area contributed by atoms with Gasteiger partial charge in [0.15, 0.2) is 0 Å². The maximum Gasteiger partial charge on any atom is 0.243 e. The zero-order valence-corrected chi connectivity index (χ0v) is 11.1. The Morgan fingerprint density at radius 3 is 2.76 bits per heavy atom. The molecule has 1 aromatic carbocycles. The van der Waals surface area contributed by atoms with E-state index in [4.69, 9.17) is 17.3 Å². The molecule has 0 spiro atoms. The maximum absolute atomic E-state index is 12.4. The molecule has 0 unspecified atom stereocenters. The van der Waals surface area contributed by atoms with Gasteiger partial charge in [-0.25, -0.2) is 8.42 Å². The molecule has 94 valence electrons. The van der Waals surface area contributed by atoms with Crippen LogP contribution in [0.5, 0.6) is 0 Å². The Labute approximate surface area is 106 Å². The van der Waals surface area contributed by atoms with Gasteiger partial charge in [-0.1, -0.05) is 17.7 Å². The first-order chi connectivity index (χ1) is 7.91. The highest BCUT2D eigenvalue weighted by Gasteiger charge is 2.31. The summed E-state index contributed by atoms with van der Waals surface area (Å²) in [5, 5.41) is 0.428. The summed E-state index contributed by atoms with van der Waals surface area (Å²) < 4.78 is 26.2. The van der Waals surface area contributed by atoms with Crippen LogP contribution in [-0.2, 0) is 10.0 Å². The van der Waals surface area contributed by atoms with Gasteiger partial charge >= 0.3 is 0 Å². The Hall–Kier alpha value is -0.620. The first-order valence-electron chi connectivity index (χ1n) is 5.43. The molecular weight excluding hydrogens is 260 g/mol. The zero-order chi connectivity index (χ0) is 12.6. The van der Waals surface area contributed by atoms with Crippen molar-refractivity contribution < 1.29 is 8.42 Å². The Balaban J connectivity index is 2.41. The average molecular weight is 275 g/mol. The van der Waals surface area contributed by atoms with Gasteiger partial charge in [0.05, 0.1) is 4.90 Å². The van der Waals surface area contributed by atoms with E-state index in [1.807, 2.05) is 0 Å². The highest BCUT2D eigenvalue weighted by Crippen LogP contribution is 2.25. The standard InChI is InChI=1S/C11H15ClN2O2S/c1-8-2-3-9(12)6-11(8)17(15,16)14-5-4-10(13)7-14/h2-3,6,10H,4-5,7,13H2,1H3/t10-/m0/s1. The fourth-order valence-electron chi connectivity index (χ4n) is 1.96. The lowest BCUT2D eigenvalue weighted by atomic mass is 10.2. The van der Waals surface area contributed by atoms with Crippen molar-refractivity contribution >= 4 is 21.6 Å². The van der Waals surface area contributed by atoms with Crippen LogP contribution in [0.2, 0.25) is 5.02 Å². The summed E-state index contributed by atoms with van der Waals surface area (Å²) in [6.07, 6.45) is 0.707. The molecule has 1 aromatic rings. The van der Waals surface area contributed by atoms with Gasteiger partial charge < -0.3 is 5.73 Å². The van der Waals surface area contributed by atoms with Crippen LogP contribution in [0.25, 0.3) is 0 Å². The lowest BCUT2D eigenvalue weighted by Crippen LogP contribution is -2.32. The third-order valence-electron chi connectivity index (χ3n) is 2.96. The van der Waals surface area contributed by atoms with Gasteiger partial charge in [0.1, 0.15) is 0 Å². The Morgan fingerprint density at radius 2 is 2.18 bits per heavy atom. The van der Waals surface area contributed by atoms with Crippen LogP contribution in [0.15, 0.2) is 23.1 Å². The average Bonchev–Trinajstić information content (AvgIpc) is 2.69. The molecule has 0 aromatic heterocycles. The zero-order valence-electron chi connectivity index (χ0n) is 9.56. The maximum atomic E-state index is 12.4. The van der Waals surface area contributed by atoms with Crippen molar-refractivity contribution in [2.45, 2.75) is 24.3 Å². The second-order valence-corrected chi connectivity index (χ2v) is 6.66. The summed E-state index contributed by atoms with van der Waals surface area (Å²) in [4.78, 5) is 0.277. The minimum Gasteiger partial charge on any atom is -0.326 e. The van der Waals surface area contributed by atoms with E-state index in [0.717, 1.165) is 0 Å². The number of nitrogens with two attached hydrogens (primary N) is 1. The number of hydrogen-bond donors (Lipinski definition) is 1. The largest absolute Gasteiger partial charge is 0.326 e. The molecule has 1 atom stereocenters. The number of benzene rings is 1. The fraction of sp³-hybridized carbons (Fsp3) is 0.455. The molecule has 0 saturated carbocycles. The molecule has 2 N–H and O–H groups in total. The molecule has 17 heavy (non-hydrogen) atoms. The molecule has 2 rings (SSSR count). The molecule has 6 heteroatoms. The minimum absolute atomic E-state index is 0.0655. The molecule has 1 heterocycles. The lowest BCUT2D eigenvalue weighted by Gasteiger charge is -2.17. The Morgan fingerprint density at radius 1 is 1.47 bits per heavy atom. The van der Waals surface area contributed by atoms with E-state index < -0.39 is 10.0 Å². The number of rotatable bonds is 2. The second kappa shape index (κ2) is 4.57. The second-order valence-electron chi connectivity index (χ2n) is 4.32. The third-order valence-corrected chi connectivity index (χ3v) is 5.20. The first-order valence-corrected chi connectivity index (χ1v) is 7.25. The molecule has 4 nitrogen and oxygen atoms in total. The van der Waals surface area contributed by atoms with Gasteiger partial charge in [-0.05, 0) is 31.0 Å². The van der Waals surface area contributed by atoms with Crippen molar-refractivity contribution in [2.75, 3.05) is 13.1 Å². The van der Waals surface area contributed by atoms with Crippen LogP contribution < -0.4 is 5.73 Å². The number of hydrogen-bond acceptors (Lipinski definition) is 3. The van der Waals surface area contributed by atoms with Crippen molar-refractivity contribution in [3.05, 3.63) is 28.8 Å². The fourth-order valence-corrected chi connectivity index (χ4v) is 3.96. The van der Waals surface area contributed by atoms with Crippen LogP contribution in [0.4, 0.5) is 0 Å². The summed E-state index contributed by atoms with van der Waals surface area (Å²) in [7, 11) is -3.46. The quantitative estimate of drug-likeness (QED) is 0.886. The van der Waals surface area contributed by atoms with Crippen LogP contribution in [0.3, 0.4) is 0 Å². The summed E-state index contributed by atoms with van der Waals surface area (Å²) in [6, 6.07) is 4.83. The van der Waals surface area contributed by atoms with Crippen LogP contribution in [0, 0.1) is 6.92 Å². The minimum atomic E-state index is -3.46. The normalized spacial score (nSPS) is 21.9. The van der Waals surface area contributed by atoms with Crippen LogP contribution in [0.1, 0.15) is 12.0 Å². The van der Waals surface area contributed by atoms with E-state index in [9.17, 15) is 8.42 Å². The van der Waals surface area contributed by atoms with Gasteiger partial charge in [-0.2, -0.15) is 4.31 Å². The van der Waals surface area contributed by atoms with Crippen molar-refractivity contribution in [1.82, 2.24) is 4.31 Å². The van der Waals surface area contributed by atoms with Crippen LogP contribution >= 0.6 is 11.6 Å². The molecule has 1 aliphatic rings. The SMILES string of the molecule is Cc1ccc(Cl)cc1S(=O)(=O)N1CC[C@H](N)C1. The first kappa shape index (κ1) is 12.8. The van der Waals surface area contributed by atoms with E-state index in [-0.39, 0.29) is 10.9 Å². The number of halogens is 1. The topological polar surface area (TPSA) is 63.4 Å². The smallest absolute Gasteiger partial charge is 0.243 e. The Kier molecular flexibility index (Phi) is 3.45. The van der Waals surface area contributed by atoms with Gasteiger partial charge in [-0.3, -0.25) is 0 Å². The van der Waals surface area contributed by atoms with E-state index in [0.29, 0.717) is 30.1 Å². The molecule has 1 aliphatic heterocycles. The molecule has 1 fully saturated rings.